The third-order valence-corrected chi connectivity index (χ3v) is 1.84. The Bertz CT molecular complexity index is 316. The zero-order valence-electron chi connectivity index (χ0n) is 9.59. The number of aromatic nitrogens is 2. The lowest BCUT2D eigenvalue weighted by Gasteiger charge is -2.17. The van der Waals surface area contributed by atoms with E-state index in [4.69, 9.17) is 4.74 Å². The zero-order chi connectivity index (χ0) is 10.8. The van der Waals surface area contributed by atoms with Crippen molar-refractivity contribution in [1.82, 2.24) is 9.97 Å². The molecule has 0 radical (unpaired) electrons. The fourth-order valence-electron chi connectivity index (χ4n) is 0.857. The van der Waals surface area contributed by atoms with Crippen LogP contribution in [-0.2, 0) is 0 Å². The molecule has 78 valence electrons. The number of hydrogen-bond acceptors (Lipinski definition) is 3. The van der Waals surface area contributed by atoms with Crippen LogP contribution in [0.5, 0.6) is 6.01 Å². The van der Waals surface area contributed by atoms with Crippen molar-refractivity contribution in [2.45, 2.75) is 34.6 Å². The van der Waals surface area contributed by atoms with Gasteiger partial charge in [-0.1, -0.05) is 20.8 Å². The molecule has 0 aliphatic rings. The van der Waals surface area contributed by atoms with Crippen molar-refractivity contribution in [2.75, 3.05) is 6.61 Å². The highest BCUT2D eigenvalue weighted by Crippen LogP contribution is 2.15. The first-order chi connectivity index (χ1) is 6.38. The molecule has 0 N–H and O–H groups in total. The first kappa shape index (κ1) is 11.0. The Kier molecular flexibility index (Phi) is 3.09. The molecular weight excluding hydrogens is 176 g/mol. The molecule has 1 aromatic rings. The van der Waals surface area contributed by atoms with E-state index in [1.807, 2.05) is 13.8 Å². The zero-order valence-corrected chi connectivity index (χ0v) is 9.59. The minimum absolute atomic E-state index is 0.141. The molecule has 14 heavy (non-hydrogen) atoms. The lowest BCUT2D eigenvalue weighted by Crippen LogP contribution is -2.18. The van der Waals surface area contributed by atoms with Gasteiger partial charge in [0, 0.05) is 11.9 Å². The molecule has 3 heteroatoms. The van der Waals surface area contributed by atoms with Crippen LogP contribution in [0.1, 0.15) is 32.0 Å². The van der Waals surface area contributed by atoms with Crippen LogP contribution in [0.25, 0.3) is 0 Å². The Hall–Kier alpha value is -1.12. The maximum atomic E-state index is 5.48. The molecule has 1 aromatic heterocycles. The topological polar surface area (TPSA) is 35.0 Å². The fraction of sp³-hybridized carbons (Fsp3) is 0.636. The van der Waals surface area contributed by atoms with Gasteiger partial charge in [0.15, 0.2) is 0 Å². The van der Waals surface area contributed by atoms with E-state index < -0.39 is 0 Å². The summed E-state index contributed by atoms with van der Waals surface area (Å²) in [6, 6.07) is 0.475. The largest absolute Gasteiger partial charge is 0.463 e. The molecule has 0 aliphatic carbocycles. The maximum Gasteiger partial charge on any atom is 0.316 e. The monoisotopic (exact) mass is 194 g/mol. The van der Waals surface area contributed by atoms with Crippen molar-refractivity contribution in [1.29, 1.82) is 0 Å². The molecule has 0 fully saturated rings. The summed E-state index contributed by atoms with van der Waals surface area (Å²) in [7, 11) is 0. The summed E-state index contributed by atoms with van der Waals surface area (Å²) < 4.78 is 5.48. The third kappa shape index (κ3) is 3.32. The highest BCUT2D eigenvalue weighted by atomic mass is 16.5. The number of nitrogens with zero attached hydrogens (tertiary/aromatic N) is 2. The Morgan fingerprint density at radius 2 is 1.93 bits per heavy atom. The van der Waals surface area contributed by atoms with Crippen LogP contribution in [0.15, 0.2) is 6.20 Å². The highest BCUT2D eigenvalue weighted by Gasteiger charge is 2.12. The fourth-order valence-corrected chi connectivity index (χ4v) is 0.857. The first-order valence-corrected chi connectivity index (χ1v) is 4.81. The lowest BCUT2D eigenvalue weighted by atomic mass is 9.99. The summed E-state index contributed by atoms with van der Waals surface area (Å²) in [5.41, 5.74) is 2.21. The van der Waals surface area contributed by atoms with Gasteiger partial charge in [-0.2, -0.15) is 0 Å². The summed E-state index contributed by atoms with van der Waals surface area (Å²) in [4.78, 5) is 8.35. The summed E-state index contributed by atoms with van der Waals surface area (Å²) in [5, 5.41) is 0. The van der Waals surface area contributed by atoms with E-state index in [9.17, 15) is 0 Å². The summed E-state index contributed by atoms with van der Waals surface area (Å²) in [6.07, 6.45) is 1.79. The van der Waals surface area contributed by atoms with Gasteiger partial charge < -0.3 is 4.74 Å². The van der Waals surface area contributed by atoms with Crippen molar-refractivity contribution in [3.05, 3.63) is 17.5 Å². The van der Waals surface area contributed by atoms with E-state index in [0.29, 0.717) is 12.6 Å². The van der Waals surface area contributed by atoms with E-state index in [1.165, 1.54) is 0 Å². The van der Waals surface area contributed by atoms with Gasteiger partial charge in [-0.05, 0) is 24.8 Å². The molecule has 1 heterocycles. The second-order valence-corrected chi connectivity index (χ2v) is 4.77. The number of aryl methyl sites for hydroxylation is 2. The summed E-state index contributed by atoms with van der Waals surface area (Å²) in [5.74, 6) is 0. The van der Waals surface area contributed by atoms with Gasteiger partial charge in [0.2, 0.25) is 0 Å². The molecule has 0 spiro atoms. The summed E-state index contributed by atoms with van der Waals surface area (Å²) in [6.45, 7) is 10.9. The molecule has 1 rings (SSSR count). The van der Waals surface area contributed by atoms with Crippen molar-refractivity contribution >= 4 is 0 Å². The molecule has 0 aliphatic heterocycles. The minimum atomic E-state index is 0.141. The number of hydrogen-bond donors (Lipinski definition) is 0. The molecule has 0 atom stereocenters. The van der Waals surface area contributed by atoms with E-state index >= 15 is 0 Å². The second-order valence-electron chi connectivity index (χ2n) is 4.77. The molecule has 0 bridgehead atoms. The Balaban J connectivity index is 2.65. The standard InChI is InChI=1S/C11H18N2O/c1-8-6-12-10(13-9(8)2)14-7-11(3,4)5/h6H,7H2,1-5H3. The van der Waals surface area contributed by atoms with Crippen LogP contribution in [-0.4, -0.2) is 16.6 Å². The average Bonchev–Trinajstić information content (AvgIpc) is 2.06. The van der Waals surface area contributed by atoms with Crippen LogP contribution in [0, 0.1) is 19.3 Å². The van der Waals surface area contributed by atoms with Crippen LogP contribution in [0.4, 0.5) is 0 Å². The Labute approximate surface area is 85.5 Å². The normalized spacial score (nSPS) is 11.5. The van der Waals surface area contributed by atoms with Crippen LogP contribution in [0.2, 0.25) is 0 Å². The third-order valence-electron chi connectivity index (χ3n) is 1.84. The number of ether oxygens (including phenoxy) is 1. The van der Waals surface area contributed by atoms with Crippen LogP contribution < -0.4 is 4.74 Å². The quantitative estimate of drug-likeness (QED) is 0.725. The highest BCUT2D eigenvalue weighted by molar-refractivity contribution is 5.15. The molecule has 3 nitrogen and oxygen atoms in total. The van der Waals surface area contributed by atoms with Gasteiger partial charge >= 0.3 is 6.01 Å². The van der Waals surface area contributed by atoms with Gasteiger partial charge in [-0.25, -0.2) is 9.97 Å². The molecule has 0 saturated carbocycles. The van der Waals surface area contributed by atoms with Gasteiger partial charge in [0.05, 0.1) is 6.61 Å². The minimum Gasteiger partial charge on any atom is -0.463 e. The summed E-state index contributed by atoms with van der Waals surface area (Å²) >= 11 is 0. The lowest BCUT2D eigenvalue weighted by molar-refractivity contribution is 0.184. The second kappa shape index (κ2) is 3.95. The average molecular weight is 194 g/mol. The number of rotatable bonds is 2. The maximum absolute atomic E-state index is 5.48. The molecule has 0 aromatic carbocycles. The first-order valence-electron chi connectivity index (χ1n) is 4.81. The van der Waals surface area contributed by atoms with E-state index in [2.05, 4.69) is 30.7 Å². The SMILES string of the molecule is Cc1cnc(OCC(C)(C)C)nc1C. The van der Waals surface area contributed by atoms with Crippen molar-refractivity contribution in [2.24, 2.45) is 5.41 Å². The van der Waals surface area contributed by atoms with Gasteiger partial charge in [0.25, 0.3) is 0 Å². The van der Waals surface area contributed by atoms with Crippen molar-refractivity contribution in [3.63, 3.8) is 0 Å². The smallest absolute Gasteiger partial charge is 0.316 e. The predicted molar refractivity (Wildman–Crippen MR) is 56.5 cm³/mol. The van der Waals surface area contributed by atoms with Gasteiger partial charge in [-0.3, -0.25) is 0 Å². The van der Waals surface area contributed by atoms with Crippen molar-refractivity contribution < 1.29 is 4.74 Å². The van der Waals surface area contributed by atoms with E-state index in [0.717, 1.165) is 11.3 Å². The predicted octanol–water partition coefficient (Wildman–Crippen LogP) is 2.52. The molecule has 0 saturated heterocycles. The van der Waals surface area contributed by atoms with Gasteiger partial charge in [-0.15, -0.1) is 0 Å². The molecular formula is C11H18N2O. The van der Waals surface area contributed by atoms with E-state index in [-0.39, 0.29) is 5.41 Å². The Morgan fingerprint density at radius 1 is 1.29 bits per heavy atom. The molecule has 0 amide bonds. The Morgan fingerprint density at radius 3 is 2.43 bits per heavy atom. The van der Waals surface area contributed by atoms with Crippen LogP contribution in [0.3, 0.4) is 0 Å². The molecule has 0 unspecified atom stereocenters. The van der Waals surface area contributed by atoms with Gasteiger partial charge in [0.1, 0.15) is 0 Å². The van der Waals surface area contributed by atoms with Crippen molar-refractivity contribution in [3.8, 4) is 6.01 Å². The van der Waals surface area contributed by atoms with Crippen LogP contribution >= 0.6 is 0 Å². The van der Waals surface area contributed by atoms with E-state index in [1.54, 1.807) is 6.20 Å².